The number of carbonyl (C=O) groups excluding carboxylic acids is 1. The van der Waals surface area contributed by atoms with Gasteiger partial charge in [-0.05, 0) is 62.1 Å². The zero-order valence-electron chi connectivity index (χ0n) is 15.4. The third-order valence-electron chi connectivity index (χ3n) is 4.25. The minimum absolute atomic E-state index is 0.259. The van der Waals surface area contributed by atoms with E-state index in [0.29, 0.717) is 11.6 Å². The Labute approximate surface area is 153 Å². The fourth-order valence-electron chi connectivity index (χ4n) is 2.73. The molecule has 0 spiro atoms. The van der Waals surface area contributed by atoms with Gasteiger partial charge in [-0.25, -0.2) is 9.97 Å². The molecular weight excluding hydrogens is 324 g/mol. The van der Waals surface area contributed by atoms with Gasteiger partial charge < -0.3 is 10.6 Å². The number of hydrogen-bond donors (Lipinski definition) is 2. The van der Waals surface area contributed by atoms with E-state index in [4.69, 9.17) is 0 Å². The molecule has 0 bridgehead atoms. The molecule has 0 saturated heterocycles. The summed E-state index contributed by atoms with van der Waals surface area (Å²) >= 11 is 0. The molecule has 0 radical (unpaired) electrons. The number of rotatable bonds is 4. The summed E-state index contributed by atoms with van der Waals surface area (Å²) in [4.78, 5) is 21.2. The van der Waals surface area contributed by atoms with E-state index in [9.17, 15) is 4.79 Å². The second-order valence-corrected chi connectivity index (χ2v) is 6.43. The van der Waals surface area contributed by atoms with Crippen LogP contribution >= 0.6 is 0 Å². The Kier molecular flexibility index (Phi) is 4.98. The molecular formula is C21H22N4O. The van der Waals surface area contributed by atoms with Gasteiger partial charge in [0, 0.05) is 17.6 Å². The molecule has 2 N–H and O–H groups in total. The SMILES string of the molecule is Cc1ccc(C)c(NC(=O)c2ccnc(Nc3c(C)cccc3C)n2)c1. The van der Waals surface area contributed by atoms with Gasteiger partial charge in [-0.15, -0.1) is 0 Å². The van der Waals surface area contributed by atoms with E-state index in [2.05, 4.69) is 20.6 Å². The average molecular weight is 346 g/mol. The van der Waals surface area contributed by atoms with Crippen LogP contribution in [0.15, 0.2) is 48.7 Å². The van der Waals surface area contributed by atoms with Gasteiger partial charge >= 0.3 is 0 Å². The van der Waals surface area contributed by atoms with Gasteiger partial charge in [-0.3, -0.25) is 4.79 Å². The molecule has 0 aliphatic heterocycles. The molecule has 0 fully saturated rings. The van der Waals surface area contributed by atoms with Crippen LogP contribution < -0.4 is 10.6 Å². The van der Waals surface area contributed by atoms with Gasteiger partial charge in [0.25, 0.3) is 5.91 Å². The maximum atomic E-state index is 12.6. The Morgan fingerprint density at radius 2 is 1.65 bits per heavy atom. The number of benzene rings is 2. The van der Waals surface area contributed by atoms with E-state index in [-0.39, 0.29) is 5.91 Å². The van der Waals surface area contributed by atoms with Crippen LogP contribution in [0.1, 0.15) is 32.7 Å². The first-order valence-corrected chi connectivity index (χ1v) is 8.49. The molecule has 3 rings (SSSR count). The summed E-state index contributed by atoms with van der Waals surface area (Å²) in [6.07, 6.45) is 1.58. The van der Waals surface area contributed by atoms with Gasteiger partial charge in [-0.2, -0.15) is 0 Å². The van der Waals surface area contributed by atoms with Crippen LogP contribution in [0.3, 0.4) is 0 Å². The minimum atomic E-state index is -0.259. The third kappa shape index (κ3) is 3.88. The van der Waals surface area contributed by atoms with Gasteiger partial charge in [0.15, 0.2) is 0 Å². The largest absolute Gasteiger partial charge is 0.324 e. The average Bonchev–Trinajstić information content (AvgIpc) is 2.62. The molecule has 5 nitrogen and oxygen atoms in total. The molecule has 0 aliphatic carbocycles. The number of para-hydroxylation sites is 1. The number of carbonyl (C=O) groups is 1. The van der Waals surface area contributed by atoms with Crippen LogP contribution in [-0.4, -0.2) is 15.9 Å². The van der Waals surface area contributed by atoms with E-state index in [1.165, 1.54) is 0 Å². The minimum Gasteiger partial charge on any atom is -0.324 e. The van der Waals surface area contributed by atoms with E-state index < -0.39 is 0 Å². The number of anilines is 3. The maximum absolute atomic E-state index is 12.6. The zero-order chi connectivity index (χ0) is 18.7. The van der Waals surface area contributed by atoms with Crippen molar-refractivity contribution in [3.05, 3.63) is 76.6 Å². The Hall–Kier alpha value is -3.21. The lowest BCUT2D eigenvalue weighted by Gasteiger charge is -2.12. The van der Waals surface area contributed by atoms with Crippen molar-refractivity contribution in [3.8, 4) is 0 Å². The fraction of sp³-hybridized carbons (Fsp3) is 0.190. The molecule has 3 aromatic rings. The molecule has 1 aromatic heterocycles. The number of aromatic nitrogens is 2. The number of nitrogens with zero attached hydrogens (tertiary/aromatic N) is 2. The van der Waals surface area contributed by atoms with Crippen molar-refractivity contribution in [1.82, 2.24) is 9.97 Å². The Bertz CT molecular complexity index is 946. The van der Waals surface area contributed by atoms with Crippen molar-refractivity contribution in [2.75, 3.05) is 10.6 Å². The second-order valence-electron chi connectivity index (χ2n) is 6.43. The molecule has 5 heteroatoms. The first-order valence-electron chi connectivity index (χ1n) is 8.49. The van der Waals surface area contributed by atoms with Gasteiger partial charge in [0.05, 0.1) is 0 Å². The van der Waals surface area contributed by atoms with Crippen LogP contribution in [0.2, 0.25) is 0 Å². The molecule has 0 saturated carbocycles. The lowest BCUT2D eigenvalue weighted by Crippen LogP contribution is -2.15. The number of hydrogen-bond acceptors (Lipinski definition) is 4. The number of aryl methyl sites for hydroxylation is 4. The van der Waals surface area contributed by atoms with Crippen LogP contribution in [0.25, 0.3) is 0 Å². The second kappa shape index (κ2) is 7.35. The normalized spacial score (nSPS) is 10.5. The van der Waals surface area contributed by atoms with Crippen molar-refractivity contribution in [1.29, 1.82) is 0 Å². The van der Waals surface area contributed by atoms with E-state index in [1.807, 2.05) is 64.1 Å². The van der Waals surface area contributed by atoms with Gasteiger partial charge in [0.1, 0.15) is 5.69 Å². The van der Waals surface area contributed by atoms with Crippen LogP contribution in [0.5, 0.6) is 0 Å². The lowest BCUT2D eigenvalue weighted by atomic mass is 10.1. The number of nitrogens with one attached hydrogen (secondary N) is 2. The topological polar surface area (TPSA) is 66.9 Å². The quantitative estimate of drug-likeness (QED) is 0.718. The Balaban J connectivity index is 1.83. The van der Waals surface area contributed by atoms with Crippen LogP contribution in [-0.2, 0) is 0 Å². The zero-order valence-corrected chi connectivity index (χ0v) is 15.4. The summed E-state index contributed by atoms with van der Waals surface area (Å²) < 4.78 is 0. The fourth-order valence-corrected chi connectivity index (χ4v) is 2.73. The highest BCUT2D eigenvalue weighted by Crippen LogP contribution is 2.22. The summed E-state index contributed by atoms with van der Waals surface area (Å²) in [6, 6.07) is 13.6. The third-order valence-corrected chi connectivity index (χ3v) is 4.25. The highest BCUT2D eigenvalue weighted by Gasteiger charge is 2.12. The molecule has 0 aliphatic rings. The lowest BCUT2D eigenvalue weighted by molar-refractivity contribution is 0.102. The molecule has 1 heterocycles. The number of amides is 1. The molecule has 0 atom stereocenters. The van der Waals surface area contributed by atoms with E-state index in [0.717, 1.165) is 33.6 Å². The van der Waals surface area contributed by atoms with Crippen LogP contribution in [0, 0.1) is 27.7 Å². The van der Waals surface area contributed by atoms with Crippen molar-refractivity contribution >= 4 is 23.2 Å². The van der Waals surface area contributed by atoms with E-state index in [1.54, 1.807) is 12.3 Å². The monoisotopic (exact) mass is 346 g/mol. The Morgan fingerprint density at radius 1 is 0.923 bits per heavy atom. The summed E-state index contributed by atoms with van der Waals surface area (Å²) in [5.41, 5.74) is 6.35. The highest BCUT2D eigenvalue weighted by molar-refractivity contribution is 6.03. The molecule has 0 unspecified atom stereocenters. The molecule has 26 heavy (non-hydrogen) atoms. The van der Waals surface area contributed by atoms with Crippen molar-refractivity contribution in [3.63, 3.8) is 0 Å². The summed E-state index contributed by atoms with van der Waals surface area (Å²) in [7, 11) is 0. The van der Waals surface area contributed by atoms with Gasteiger partial charge in [-0.1, -0.05) is 30.3 Å². The summed E-state index contributed by atoms with van der Waals surface area (Å²) in [5.74, 6) is 0.140. The van der Waals surface area contributed by atoms with Crippen molar-refractivity contribution < 1.29 is 4.79 Å². The highest BCUT2D eigenvalue weighted by atomic mass is 16.1. The summed E-state index contributed by atoms with van der Waals surface area (Å²) in [6.45, 7) is 7.99. The first kappa shape index (κ1) is 17.6. The Morgan fingerprint density at radius 3 is 2.38 bits per heavy atom. The van der Waals surface area contributed by atoms with E-state index >= 15 is 0 Å². The molecule has 132 valence electrons. The predicted octanol–water partition coefficient (Wildman–Crippen LogP) is 4.71. The predicted molar refractivity (Wildman–Crippen MR) is 105 cm³/mol. The van der Waals surface area contributed by atoms with Gasteiger partial charge in [0.2, 0.25) is 5.95 Å². The van der Waals surface area contributed by atoms with Crippen LogP contribution in [0.4, 0.5) is 17.3 Å². The molecule has 2 aromatic carbocycles. The standard InChI is InChI=1S/C21H22N4O/c1-13-8-9-14(2)18(12-13)23-20(26)17-10-11-22-21(24-17)25-19-15(3)6-5-7-16(19)4/h5-12H,1-4H3,(H,23,26)(H,22,24,25). The summed E-state index contributed by atoms with van der Waals surface area (Å²) in [5, 5.41) is 6.14. The smallest absolute Gasteiger partial charge is 0.274 e. The molecule has 1 amide bonds. The first-order chi connectivity index (χ1) is 12.4. The van der Waals surface area contributed by atoms with Crippen molar-refractivity contribution in [2.24, 2.45) is 0 Å². The van der Waals surface area contributed by atoms with Crippen molar-refractivity contribution in [2.45, 2.75) is 27.7 Å². The maximum Gasteiger partial charge on any atom is 0.274 e.